The molecule has 1 aliphatic heterocycles. The number of nitrogens with two attached hydrogens (primary N) is 1. The second-order valence-corrected chi connectivity index (χ2v) is 10.3. The zero-order chi connectivity index (χ0) is 29.1. The van der Waals surface area contributed by atoms with Crippen LogP contribution in [0.25, 0.3) is 0 Å². The third kappa shape index (κ3) is 10.2. The quantitative estimate of drug-likeness (QED) is 0.185. The third-order valence-corrected chi connectivity index (χ3v) is 6.44. The maximum atomic E-state index is 12.8. The van der Waals surface area contributed by atoms with Gasteiger partial charge in [0.15, 0.2) is 0 Å². The monoisotopic (exact) mass is 607 g/mol. The lowest BCUT2D eigenvalue weighted by molar-refractivity contribution is -0.137. The summed E-state index contributed by atoms with van der Waals surface area (Å²) in [7, 11) is 0. The van der Waals surface area contributed by atoms with E-state index < -0.39 is 30.0 Å². The van der Waals surface area contributed by atoms with Gasteiger partial charge in [0.25, 0.3) is 11.8 Å². The Morgan fingerprint density at radius 3 is 2.21 bits per heavy atom. The number of carbonyl (C=O) groups is 6. The lowest BCUT2D eigenvalue weighted by Gasteiger charge is -2.24. The fourth-order valence-corrected chi connectivity index (χ4v) is 4.07. The fourth-order valence-electron chi connectivity index (χ4n) is 3.66. The van der Waals surface area contributed by atoms with Crippen molar-refractivity contribution in [2.75, 3.05) is 11.9 Å². The highest BCUT2D eigenvalue weighted by molar-refractivity contribution is 9.12. The van der Waals surface area contributed by atoms with Gasteiger partial charge in [0.2, 0.25) is 17.7 Å². The number of nitrogens with one attached hydrogen (secondary N) is 3. The minimum atomic E-state index is -0.884. The molecule has 0 bridgehead atoms. The summed E-state index contributed by atoms with van der Waals surface area (Å²) in [6.07, 6.45) is 2.23. The van der Waals surface area contributed by atoms with E-state index in [1.54, 1.807) is 38.1 Å². The average molecular weight is 608 g/mol. The lowest BCUT2D eigenvalue weighted by atomic mass is 10.0. The molecule has 1 heterocycles. The molecular weight excluding hydrogens is 574 g/mol. The Bertz CT molecular complexity index is 1120. The van der Waals surface area contributed by atoms with E-state index in [1.807, 2.05) is 0 Å². The summed E-state index contributed by atoms with van der Waals surface area (Å²) in [5.74, 6) is -2.18. The van der Waals surface area contributed by atoms with Crippen LogP contribution in [0, 0.1) is 5.92 Å². The molecular formula is C26H34BrN5O7. The number of primary amides is 1. The predicted molar refractivity (Wildman–Crippen MR) is 146 cm³/mol. The Morgan fingerprint density at radius 2 is 1.64 bits per heavy atom. The van der Waals surface area contributed by atoms with Crippen LogP contribution in [-0.2, 0) is 35.3 Å². The number of hydrogen-bond acceptors (Lipinski definition) is 7. The number of nitrogens with zero attached hydrogens (tertiary/aromatic N) is 1. The second-order valence-electron chi connectivity index (χ2n) is 9.41. The first-order chi connectivity index (χ1) is 18.4. The summed E-state index contributed by atoms with van der Waals surface area (Å²) in [5, 5.41) is 8.05. The van der Waals surface area contributed by atoms with Gasteiger partial charge in [0.05, 0.1) is 4.48 Å². The van der Waals surface area contributed by atoms with E-state index in [-0.39, 0.29) is 47.7 Å². The van der Waals surface area contributed by atoms with E-state index in [4.69, 9.17) is 10.5 Å². The Hall–Kier alpha value is -3.74. The molecule has 1 aromatic rings. The first kappa shape index (κ1) is 31.5. The molecule has 0 saturated carbocycles. The van der Waals surface area contributed by atoms with Crippen molar-refractivity contribution in [2.45, 2.75) is 65.1 Å². The summed E-state index contributed by atoms with van der Waals surface area (Å²) in [4.78, 5) is 73.3. The van der Waals surface area contributed by atoms with E-state index in [0.29, 0.717) is 30.5 Å². The van der Waals surface area contributed by atoms with Crippen LogP contribution in [0.2, 0.25) is 0 Å². The normalized spacial score (nSPS) is 14.5. The number of rotatable bonds is 14. The first-order valence-electron chi connectivity index (χ1n) is 12.5. The summed E-state index contributed by atoms with van der Waals surface area (Å²) >= 11 is 3.05. The van der Waals surface area contributed by atoms with Crippen molar-refractivity contribution >= 4 is 57.2 Å². The molecule has 2 rings (SSSR count). The van der Waals surface area contributed by atoms with Gasteiger partial charge in [-0.1, -0.05) is 32.4 Å². The Morgan fingerprint density at radius 1 is 0.974 bits per heavy atom. The molecule has 13 heteroatoms. The standard InChI is InChI=1S/C26H34BrN5O7/c1-15(2)22(31-20(33)7-5-4-6-12-32-21(34)13-19(27)25(32)37)24(36)29-16(3)23(35)30-18-10-8-17(9-11-18)14-39-26(28)38/h8-11,13,15-16,22H,4-7,12,14H2,1-3H3,(H2,28,38)(H,29,36)(H,30,35)(H,31,33). The smallest absolute Gasteiger partial charge is 0.404 e. The van der Waals surface area contributed by atoms with Crippen molar-refractivity contribution in [2.24, 2.45) is 11.7 Å². The van der Waals surface area contributed by atoms with Gasteiger partial charge in [0, 0.05) is 24.7 Å². The number of unbranched alkanes of at least 4 members (excludes halogenated alkanes) is 2. The molecule has 1 aliphatic rings. The highest BCUT2D eigenvalue weighted by Gasteiger charge is 2.29. The van der Waals surface area contributed by atoms with E-state index in [2.05, 4.69) is 31.9 Å². The molecule has 0 fully saturated rings. The van der Waals surface area contributed by atoms with Crippen molar-refractivity contribution in [1.29, 1.82) is 0 Å². The van der Waals surface area contributed by atoms with Crippen molar-refractivity contribution in [3.8, 4) is 0 Å². The van der Waals surface area contributed by atoms with Gasteiger partial charge in [0.1, 0.15) is 18.7 Å². The highest BCUT2D eigenvalue weighted by Crippen LogP contribution is 2.19. The molecule has 5 N–H and O–H groups in total. The van der Waals surface area contributed by atoms with Gasteiger partial charge in [-0.05, 0) is 59.3 Å². The average Bonchev–Trinajstić information content (AvgIpc) is 3.11. The highest BCUT2D eigenvalue weighted by atomic mass is 79.9. The predicted octanol–water partition coefficient (Wildman–Crippen LogP) is 2.07. The summed E-state index contributed by atoms with van der Waals surface area (Å²) in [5.41, 5.74) is 6.11. The van der Waals surface area contributed by atoms with Gasteiger partial charge < -0.3 is 26.4 Å². The first-order valence-corrected chi connectivity index (χ1v) is 13.3. The maximum absolute atomic E-state index is 12.8. The molecule has 0 aliphatic carbocycles. The number of benzene rings is 1. The van der Waals surface area contributed by atoms with Gasteiger partial charge >= 0.3 is 6.09 Å². The molecule has 1 aromatic carbocycles. The molecule has 212 valence electrons. The number of amides is 6. The van der Waals surface area contributed by atoms with Crippen LogP contribution in [0.1, 0.15) is 52.0 Å². The van der Waals surface area contributed by atoms with Crippen molar-refractivity contribution < 1.29 is 33.5 Å². The van der Waals surface area contributed by atoms with E-state index in [9.17, 15) is 28.8 Å². The Kier molecular flexibility index (Phi) is 12.1. The molecule has 0 aromatic heterocycles. The van der Waals surface area contributed by atoms with Gasteiger partial charge in [-0.15, -0.1) is 0 Å². The molecule has 12 nitrogen and oxygen atoms in total. The number of carbonyl (C=O) groups excluding carboxylic acids is 6. The number of ether oxygens (including phenoxy) is 1. The van der Waals surface area contributed by atoms with Crippen LogP contribution in [0.4, 0.5) is 10.5 Å². The van der Waals surface area contributed by atoms with E-state index >= 15 is 0 Å². The van der Waals surface area contributed by atoms with Gasteiger partial charge in [-0.25, -0.2) is 4.79 Å². The minimum Gasteiger partial charge on any atom is -0.445 e. The van der Waals surface area contributed by atoms with Crippen LogP contribution in [0.5, 0.6) is 0 Å². The number of anilines is 1. The maximum Gasteiger partial charge on any atom is 0.404 e. The topological polar surface area (TPSA) is 177 Å². The van der Waals surface area contributed by atoms with Crippen molar-refractivity contribution in [3.05, 3.63) is 40.4 Å². The molecule has 2 atom stereocenters. The van der Waals surface area contributed by atoms with Crippen molar-refractivity contribution in [1.82, 2.24) is 15.5 Å². The second kappa shape index (κ2) is 15.0. The fraction of sp³-hybridized carbons (Fsp3) is 0.462. The SMILES string of the molecule is CC(NC(=O)C(NC(=O)CCCCCN1C(=O)C=C(Br)C1=O)C(C)C)C(=O)Nc1ccc(COC(N)=O)cc1. The molecule has 0 radical (unpaired) electrons. The van der Waals surface area contributed by atoms with E-state index in [0.717, 1.165) is 4.90 Å². The number of halogens is 1. The third-order valence-electron chi connectivity index (χ3n) is 5.87. The summed E-state index contributed by atoms with van der Waals surface area (Å²) < 4.78 is 4.94. The van der Waals surface area contributed by atoms with Crippen LogP contribution >= 0.6 is 15.9 Å². The lowest BCUT2D eigenvalue weighted by Crippen LogP contribution is -2.53. The molecule has 0 spiro atoms. The minimum absolute atomic E-state index is 0.00875. The van der Waals surface area contributed by atoms with Crippen LogP contribution in [-0.4, -0.2) is 59.2 Å². The van der Waals surface area contributed by atoms with Gasteiger partial charge in [-0.3, -0.25) is 28.9 Å². The van der Waals surface area contributed by atoms with Crippen LogP contribution in [0.15, 0.2) is 34.8 Å². The summed E-state index contributed by atoms with van der Waals surface area (Å²) in [6, 6.07) is 4.86. The van der Waals surface area contributed by atoms with Gasteiger partial charge in [-0.2, -0.15) is 0 Å². The number of imide groups is 1. The molecule has 6 amide bonds. The molecule has 39 heavy (non-hydrogen) atoms. The number of hydrogen-bond donors (Lipinski definition) is 4. The zero-order valence-electron chi connectivity index (χ0n) is 22.1. The molecule has 0 saturated heterocycles. The van der Waals surface area contributed by atoms with E-state index in [1.165, 1.54) is 13.0 Å². The Labute approximate surface area is 235 Å². The molecule has 2 unspecified atom stereocenters. The van der Waals surface area contributed by atoms with Crippen molar-refractivity contribution in [3.63, 3.8) is 0 Å². The largest absolute Gasteiger partial charge is 0.445 e. The zero-order valence-corrected chi connectivity index (χ0v) is 23.7. The van der Waals surface area contributed by atoms with Crippen LogP contribution < -0.4 is 21.7 Å². The van der Waals surface area contributed by atoms with Crippen LogP contribution in [0.3, 0.4) is 0 Å². The summed E-state index contributed by atoms with van der Waals surface area (Å²) in [6.45, 7) is 5.39. The Balaban J connectivity index is 1.75.